The largest absolute Gasteiger partial charge is 0.462 e. The number of amides is 1. The maximum Gasteiger partial charge on any atom is 0.410 e. The Morgan fingerprint density at radius 3 is 1.92 bits per heavy atom. The minimum atomic E-state index is -0.543. The molecule has 1 saturated heterocycles. The normalized spacial score (nSPS) is 17.6. The van der Waals surface area contributed by atoms with Crippen molar-refractivity contribution in [3.63, 3.8) is 0 Å². The molecular weight excluding hydrogens is 306 g/mol. The number of hydrogen-bond acceptors (Lipinski definition) is 4. The third kappa shape index (κ3) is 5.12. The monoisotopic (exact) mass is 341 g/mol. The van der Waals surface area contributed by atoms with Crippen molar-refractivity contribution in [3.05, 3.63) is 0 Å². The van der Waals surface area contributed by atoms with Gasteiger partial charge in [-0.05, 0) is 34.1 Å². The predicted molar refractivity (Wildman–Crippen MR) is 94.8 cm³/mol. The second kappa shape index (κ2) is 7.32. The molecule has 0 aromatic rings. The minimum Gasteiger partial charge on any atom is -0.462 e. The number of hydrogen-bond donors (Lipinski definition) is 0. The molecule has 140 valence electrons. The molecule has 1 aliphatic heterocycles. The van der Waals surface area contributed by atoms with Gasteiger partial charge in [-0.2, -0.15) is 0 Å². The third-order valence-corrected chi connectivity index (χ3v) is 5.56. The summed E-state index contributed by atoms with van der Waals surface area (Å²) in [4.78, 5) is 26.3. The Morgan fingerprint density at radius 1 is 1.00 bits per heavy atom. The number of likely N-dealkylation sites (tertiary alicyclic amines) is 1. The standard InChI is InChI=1S/C19H35NO4/c1-9-18(5,6)15(21)23-14-10-12-20(13-11-14)16(22)24-19(7,8)17(2,3)4/h14H,9-13H2,1-8H3. The van der Waals surface area contributed by atoms with Crippen LogP contribution in [-0.2, 0) is 14.3 Å². The molecule has 0 N–H and O–H groups in total. The van der Waals surface area contributed by atoms with E-state index in [1.165, 1.54) is 0 Å². The van der Waals surface area contributed by atoms with Crippen LogP contribution in [0.15, 0.2) is 0 Å². The highest BCUT2D eigenvalue weighted by Gasteiger charge is 2.39. The molecule has 0 aromatic carbocycles. The molecule has 1 fully saturated rings. The third-order valence-electron chi connectivity index (χ3n) is 5.56. The van der Waals surface area contributed by atoms with Crippen LogP contribution in [0.3, 0.4) is 0 Å². The average Bonchev–Trinajstić information content (AvgIpc) is 2.46. The van der Waals surface area contributed by atoms with Crippen molar-refractivity contribution >= 4 is 12.1 Å². The van der Waals surface area contributed by atoms with Crippen molar-refractivity contribution < 1.29 is 19.1 Å². The van der Waals surface area contributed by atoms with Crippen molar-refractivity contribution in [2.45, 2.75) is 86.4 Å². The summed E-state index contributed by atoms with van der Waals surface area (Å²) >= 11 is 0. The van der Waals surface area contributed by atoms with E-state index in [0.717, 1.165) is 6.42 Å². The van der Waals surface area contributed by atoms with Crippen molar-refractivity contribution in [1.82, 2.24) is 4.90 Å². The van der Waals surface area contributed by atoms with E-state index >= 15 is 0 Å². The zero-order valence-corrected chi connectivity index (χ0v) is 16.7. The lowest BCUT2D eigenvalue weighted by molar-refractivity contribution is -0.161. The van der Waals surface area contributed by atoms with Crippen LogP contribution in [0.4, 0.5) is 4.79 Å². The van der Waals surface area contributed by atoms with E-state index in [1.807, 2.05) is 34.6 Å². The van der Waals surface area contributed by atoms with E-state index in [4.69, 9.17) is 9.47 Å². The number of nitrogens with zero attached hydrogens (tertiary/aromatic N) is 1. The molecule has 5 heteroatoms. The maximum absolute atomic E-state index is 12.4. The first-order chi connectivity index (χ1) is 10.8. The van der Waals surface area contributed by atoms with Crippen LogP contribution >= 0.6 is 0 Å². The summed E-state index contributed by atoms with van der Waals surface area (Å²) in [6.45, 7) is 16.9. The fraction of sp³-hybridized carbons (Fsp3) is 0.895. The molecule has 1 amide bonds. The number of rotatable bonds is 4. The average molecular weight is 341 g/mol. The molecule has 0 saturated carbocycles. The number of esters is 1. The fourth-order valence-corrected chi connectivity index (χ4v) is 2.05. The van der Waals surface area contributed by atoms with E-state index in [9.17, 15) is 9.59 Å². The van der Waals surface area contributed by atoms with Gasteiger partial charge in [-0.1, -0.05) is 27.7 Å². The molecule has 0 spiro atoms. The Kier molecular flexibility index (Phi) is 6.34. The summed E-state index contributed by atoms with van der Waals surface area (Å²) in [6.07, 6.45) is 1.68. The van der Waals surface area contributed by atoms with Crippen LogP contribution in [-0.4, -0.2) is 41.8 Å². The molecule has 1 aliphatic rings. The first-order valence-corrected chi connectivity index (χ1v) is 8.99. The van der Waals surface area contributed by atoms with Crippen LogP contribution in [0.25, 0.3) is 0 Å². The Balaban J connectivity index is 2.51. The van der Waals surface area contributed by atoms with Gasteiger partial charge < -0.3 is 14.4 Å². The first-order valence-electron chi connectivity index (χ1n) is 8.99. The molecule has 1 rings (SSSR count). The number of piperidine rings is 1. The zero-order valence-electron chi connectivity index (χ0n) is 16.7. The van der Waals surface area contributed by atoms with Gasteiger partial charge in [0.05, 0.1) is 5.41 Å². The highest BCUT2D eigenvalue weighted by atomic mass is 16.6. The molecule has 0 aliphatic carbocycles. The van der Waals surface area contributed by atoms with Gasteiger partial charge >= 0.3 is 12.1 Å². The maximum atomic E-state index is 12.4. The number of ether oxygens (including phenoxy) is 2. The lowest BCUT2D eigenvalue weighted by Crippen LogP contribution is -2.48. The summed E-state index contributed by atoms with van der Waals surface area (Å²) in [5.41, 5.74) is -1.13. The highest BCUT2D eigenvalue weighted by molar-refractivity contribution is 5.76. The van der Waals surface area contributed by atoms with Gasteiger partial charge in [-0.3, -0.25) is 4.79 Å². The Bertz CT molecular complexity index is 454. The molecule has 0 bridgehead atoms. The van der Waals surface area contributed by atoms with Crippen LogP contribution < -0.4 is 0 Å². The van der Waals surface area contributed by atoms with Gasteiger partial charge in [0.25, 0.3) is 0 Å². The lowest BCUT2D eigenvalue weighted by Gasteiger charge is -2.40. The smallest absolute Gasteiger partial charge is 0.410 e. The van der Waals surface area contributed by atoms with Gasteiger partial charge in [0.15, 0.2) is 0 Å². The van der Waals surface area contributed by atoms with Crippen molar-refractivity contribution in [2.75, 3.05) is 13.1 Å². The summed E-state index contributed by atoms with van der Waals surface area (Å²) in [5.74, 6) is -0.153. The summed E-state index contributed by atoms with van der Waals surface area (Å²) in [5, 5.41) is 0. The SMILES string of the molecule is CCC(C)(C)C(=O)OC1CCN(C(=O)OC(C)(C)C(C)(C)C)CC1. The highest BCUT2D eigenvalue weighted by Crippen LogP contribution is 2.34. The Hall–Kier alpha value is -1.26. The quantitative estimate of drug-likeness (QED) is 0.712. The van der Waals surface area contributed by atoms with Crippen molar-refractivity contribution in [3.8, 4) is 0 Å². The van der Waals surface area contributed by atoms with Gasteiger partial charge in [-0.25, -0.2) is 4.79 Å². The predicted octanol–water partition coefficient (Wildman–Crippen LogP) is 4.39. The van der Waals surface area contributed by atoms with Gasteiger partial charge in [0, 0.05) is 31.3 Å². The van der Waals surface area contributed by atoms with E-state index in [1.54, 1.807) is 4.90 Å². The lowest BCUT2D eigenvalue weighted by atomic mass is 9.79. The van der Waals surface area contributed by atoms with Gasteiger partial charge in [0.1, 0.15) is 11.7 Å². The molecule has 24 heavy (non-hydrogen) atoms. The second-order valence-corrected chi connectivity index (χ2v) is 8.96. The molecule has 0 aromatic heterocycles. The van der Waals surface area contributed by atoms with E-state index < -0.39 is 11.0 Å². The molecule has 5 nitrogen and oxygen atoms in total. The summed E-state index contributed by atoms with van der Waals surface area (Å²) in [7, 11) is 0. The molecule has 1 heterocycles. The van der Waals surface area contributed by atoms with E-state index in [2.05, 4.69) is 20.8 Å². The number of carbonyl (C=O) groups is 2. The minimum absolute atomic E-state index is 0.108. The Labute approximate surface area is 147 Å². The zero-order chi connectivity index (χ0) is 18.8. The van der Waals surface area contributed by atoms with E-state index in [0.29, 0.717) is 25.9 Å². The van der Waals surface area contributed by atoms with E-state index in [-0.39, 0.29) is 23.6 Å². The van der Waals surface area contributed by atoms with Crippen molar-refractivity contribution in [1.29, 1.82) is 0 Å². The fourth-order valence-electron chi connectivity index (χ4n) is 2.05. The van der Waals surface area contributed by atoms with Gasteiger partial charge in [0.2, 0.25) is 0 Å². The van der Waals surface area contributed by atoms with Gasteiger partial charge in [-0.15, -0.1) is 0 Å². The molecule has 0 unspecified atom stereocenters. The number of carbonyl (C=O) groups excluding carboxylic acids is 2. The van der Waals surface area contributed by atoms with Crippen LogP contribution in [0, 0.1) is 10.8 Å². The second-order valence-electron chi connectivity index (χ2n) is 8.96. The Morgan fingerprint density at radius 2 is 1.50 bits per heavy atom. The molecule has 0 radical (unpaired) electrons. The van der Waals surface area contributed by atoms with Crippen LogP contribution in [0.1, 0.15) is 74.7 Å². The molecular formula is C19H35NO4. The van der Waals surface area contributed by atoms with Crippen LogP contribution in [0.2, 0.25) is 0 Å². The molecule has 0 atom stereocenters. The summed E-state index contributed by atoms with van der Waals surface area (Å²) < 4.78 is 11.3. The topological polar surface area (TPSA) is 55.8 Å². The first kappa shape index (κ1) is 20.8. The van der Waals surface area contributed by atoms with Crippen LogP contribution in [0.5, 0.6) is 0 Å². The van der Waals surface area contributed by atoms with Crippen molar-refractivity contribution in [2.24, 2.45) is 10.8 Å². The summed E-state index contributed by atoms with van der Waals surface area (Å²) in [6, 6.07) is 0.